The monoisotopic (exact) mass is 265 g/mol. The van der Waals surface area contributed by atoms with E-state index in [0.717, 1.165) is 12.5 Å². The normalized spacial score (nSPS) is 28.3. The average Bonchev–Trinajstić information content (AvgIpc) is 2.42. The molecule has 1 amide bonds. The van der Waals surface area contributed by atoms with Gasteiger partial charge in [-0.25, -0.2) is 0 Å². The second kappa shape index (κ2) is 6.73. The number of amides is 1. The molecule has 2 bridgehead atoms. The lowest BCUT2D eigenvalue weighted by Gasteiger charge is -2.38. The summed E-state index contributed by atoms with van der Waals surface area (Å²) in [4.78, 5) is 22.0. The minimum Gasteiger partial charge on any atom is -0.481 e. The maximum Gasteiger partial charge on any atom is 0.303 e. The van der Waals surface area contributed by atoms with E-state index in [-0.39, 0.29) is 12.3 Å². The van der Waals surface area contributed by atoms with Crippen molar-refractivity contribution in [1.29, 1.82) is 0 Å². The van der Waals surface area contributed by atoms with Crippen LogP contribution in [0.2, 0.25) is 0 Å². The van der Waals surface area contributed by atoms with Crippen molar-refractivity contribution in [2.45, 2.75) is 44.9 Å². The highest BCUT2D eigenvalue weighted by molar-refractivity contribution is 5.75. The van der Waals surface area contributed by atoms with Crippen molar-refractivity contribution in [2.75, 3.05) is 6.54 Å². The van der Waals surface area contributed by atoms with Gasteiger partial charge in [-0.15, -0.1) is 0 Å². The van der Waals surface area contributed by atoms with E-state index in [1.807, 2.05) is 0 Å². The number of carbonyl (C=O) groups excluding carboxylic acids is 1. The Labute approximate surface area is 114 Å². The number of aliphatic carboxylic acids is 1. The highest BCUT2D eigenvalue weighted by atomic mass is 16.4. The zero-order valence-corrected chi connectivity index (χ0v) is 11.3. The molecule has 0 heterocycles. The average molecular weight is 265 g/mol. The molecule has 19 heavy (non-hydrogen) atoms. The minimum atomic E-state index is -0.787. The predicted octanol–water partition coefficient (Wildman–Crippen LogP) is 2.35. The number of carbonyl (C=O) groups is 2. The first-order valence-corrected chi connectivity index (χ1v) is 7.32. The molecule has 3 atom stereocenters. The molecule has 0 aromatic heterocycles. The van der Waals surface area contributed by atoms with E-state index in [1.165, 1.54) is 19.3 Å². The van der Waals surface area contributed by atoms with Gasteiger partial charge in [0.15, 0.2) is 0 Å². The highest BCUT2D eigenvalue weighted by Crippen LogP contribution is 2.39. The van der Waals surface area contributed by atoms with Crippen LogP contribution in [-0.2, 0) is 9.59 Å². The molecule has 4 nitrogen and oxygen atoms in total. The Balaban J connectivity index is 1.59. The van der Waals surface area contributed by atoms with Gasteiger partial charge in [0.25, 0.3) is 0 Å². The van der Waals surface area contributed by atoms with Gasteiger partial charge in [0.2, 0.25) is 5.91 Å². The molecule has 0 aliphatic heterocycles. The van der Waals surface area contributed by atoms with E-state index in [2.05, 4.69) is 17.5 Å². The largest absolute Gasteiger partial charge is 0.481 e. The SMILES string of the molecule is O=C(O)CCCCC(=O)NCC1CC2C=CC1CC2. The Hall–Kier alpha value is -1.32. The molecule has 0 saturated heterocycles. The molecular formula is C15H23NO3. The molecule has 1 fully saturated rings. The fourth-order valence-corrected chi connectivity index (χ4v) is 3.18. The van der Waals surface area contributed by atoms with Gasteiger partial charge in [0.1, 0.15) is 0 Å². The van der Waals surface area contributed by atoms with Crippen LogP contribution in [0.4, 0.5) is 0 Å². The fourth-order valence-electron chi connectivity index (χ4n) is 3.18. The molecule has 3 rings (SSSR count). The Morgan fingerprint density at radius 1 is 1.16 bits per heavy atom. The standard InChI is InChI=1S/C15H23NO3/c17-14(3-1-2-4-15(18)19)16-10-13-9-11-5-7-12(13)8-6-11/h5,7,11-13H,1-4,6,8-10H2,(H,16,17)(H,18,19). The first-order valence-electron chi connectivity index (χ1n) is 7.32. The third-order valence-corrected chi connectivity index (χ3v) is 4.32. The third-order valence-electron chi connectivity index (χ3n) is 4.32. The molecule has 0 aromatic rings. The van der Waals surface area contributed by atoms with Crippen molar-refractivity contribution in [3.8, 4) is 0 Å². The van der Waals surface area contributed by atoms with Crippen LogP contribution in [0.5, 0.6) is 0 Å². The number of carboxylic acids is 1. The van der Waals surface area contributed by atoms with Crippen LogP contribution >= 0.6 is 0 Å². The summed E-state index contributed by atoms with van der Waals surface area (Å²) in [6.45, 7) is 0.781. The summed E-state index contributed by atoms with van der Waals surface area (Å²) in [5.41, 5.74) is 0. The van der Waals surface area contributed by atoms with E-state index in [4.69, 9.17) is 5.11 Å². The summed E-state index contributed by atoms with van der Waals surface area (Å²) >= 11 is 0. The van der Waals surface area contributed by atoms with Crippen LogP contribution in [0.25, 0.3) is 0 Å². The van der Waals surface area contributed by atoms with Crippen LogP contribution in [0, 0.1) is 17.8 Å². The summed E-state index contributed by atoms with van der Waals surface area (Å²) < 4.78 is 0. The first-order chi connectivity index (χ1) is 9.15. The number of carboxylic acid groups (broad SMARTS) is 1. The predicted molar refractivity (Wildman–Crippen MR) is 72.6 cm³/mol. The van der Waals surface area contributed by atoms with Crippen molar-refractivity contribution in [2.24, 2.45) is 17.8 Å². The van der Waals surface area contributed by atoms with Crippen LogP contribution < -0.4 is 5.32 Å². The lowest BCUT2D eigenvalue weighted by molar-refractivity contribution is -0.137. The van der Waals surface area contributed by atoms with Crippen LogP contribution in [0.3, 0.4) is 0 Å². The van der Waals surface area contributed by atoms with Gasteiger partial charge in [-0.1, -0.05) is 12.2 Å². The van der Waals surface area contributed by atoms with Crippen molar-refractivity contribution >= 4 is 11.9 Å². The van der Waals surface area contributed by atoms with E-state index in [9.17, 15) is 9.59 Å². The van der Waals surface area contributed by atoms with Gasteiger partial charge in [-0.05, 0) is 49.9 Å². The minimum absolute atomic E-state index is 0.0656. The Bertz CT molecular complexity index is 364. The Kier molecular flexibility index (Phi) is 5.00. The molecular weight excluding hydrogens is 242 g/mol. The number of nitrogens with one attached hydrogen (secondary N) is 1. The van der Waals surface area contributed by atoms with Crippen molar-refractivity contribution in [3.05, 3.63) is 12.2 Å². The topological polar surface area (TPSA) is 66.4 Å². The summed E-state index contributed by atoms with van der Waals surface area (Å²) in [5.74, 6) is 1.26. The molecule has 3 aliphatic carbocycles. The zero-order chi connectivity index (χ0) is 13.7. The molecule has 0 aromatic carbocycles. The molecule has 4 heteroatoms. The maximum atomic E-state index is 11.7. The Morgan fingerprint density at radius 3 is 2.53 bits per heavy atom. The van der Waals surface area contributed by atoms with Crippen LogP contribution in [-0.4, -0.2) is 23.5 Å². The number of hydrogen-bond donors (Lipinski definition) is 2. The highest BCUT2D eigenvalue weighted by Gasteiger charge is 2.31. The molecule has 106 valence electrons. The Morgan fingerprint density at radius 2 is 1.95 bits per heavy atom. The second-order valence-electron chi connectivity index (χ2n) is 5.79. The van der Waals surface area contributed by atoms with Gasteiger partial charge in [-0.2, -0.15) is 0 Å². The van der Waals surface area contributed by atoms with Gasteiger partial charge >= 0.3 is 5.97 Å². The lowest BCUT2D eigenvalue weighted by Crippen LogP contribution is -2.37. The lowest BCUT2D eigenvalue weighted by atomic mass is 9.69. The molecule has 3 unspecified atom stereocenters. The molecule has 0 spiro atoms. The van der Waals surface area contributed by atoms with Crippen molar-refractivity contribution in [3.63, 3.8) is 0 Å². The molecule has 1 saturated carbocycles. The second-order valence-corrected chi connectivity index (χ2v) is 5.79. The maximum absolute atomic E-state index is 11.7. The number of fused-ring (bicyclic) bond motifs is 2. The summed E-state index contributed by atoms with van der Waals surface area (Å²) in [5, 5.41) is 11.5. The van der Waals surface area contributed by atoms with E-state index in [0.29, 0.717) is 31.1 Å². The van der Waals surface area contributed by atoms with Gasteiger partial charge in [-0.3, -0.25) is 9.59 Å². The van der Waals surface area contributed by atoms with Crippen molar-refractivity contribution in [1.82, 2.24) is 5.32 Å². The van der Waals surface area contributed by atoms with E-state index < -0.39 is 5.97 Å². The zero-order valence-electron chi connectivity index (χ0n) is 11.3. The number of hydrogen-bond acceptors (Lipinski definition) is 2. The molecule has 3 aliphatic rings. The first kappa shape index (κ1) is 14.1. The van der Waals surface area contributed by atoms with Gasteiger partial charge in [0, 0.05) is 19.4 Å². The van der Waals surface area contributed by atoms with Crippen LogP contribution in [0.1, 0.15) is 44.9 Å². The summed E-state index contributed by atoms with van der Waals surface area (Å²) in [6.07, 6.45) is 10.3. The number of rotatable bonds is 7. The number of unbranched alkanes of at least 4 members (excludes halogenated alkanes) is 1. The summed E-state index contributed by atoms with van der Waals surface area (Å²) in [6, 6.07) is 0. The summed E-state index contributed by atoms with van der Waals surface area (Å²) in [7, 11) is 0. The molecule has 0 radical (unpaired) electrons. The number of allylic oxidation sites excluding steroid dienone is 2. The van der Waals surface area contributed by atoms with Gasteiger partial charge in [0.05, 0.1) is 0 Å². The van der Waals surface area contributed by atoms with E-state index in [1.54, 1.807) is 0 Å². The molecule has 2 N–H and O–H groups in total. The fraction of sp³-hybridized carbons (Fsp3) is 0.733. The smallest absolute Gasteiger partial charge is 0.303 e. The van der Waals surface area contributed by atoms with Crippen molar-refractivity contribution < 1.29 is 14.7 Å². The van der Waals surface area contributed by atoms with Gasteiger partial charge < -0.3 is 10.4 Å². The third kappa shape index (κ3) is 4.37. The van der Waals surface area contributed by atoms with E-state index >= 15 is 0 Å². The van der Waals surface area contributed by atoms with Crippen LogP contribution in [0.15, 0.2) is 12.2 Å². The quantitative estimate of drug-likeness (QED) is 0.548.